The van der Waals surface area contributed by atoms with E-state index in [9.17, 15) is 18.0 Å². The van der Waals surface area contributed by atoms with Gasteiger partial charge in [0.25, 0.3) is 16.0 Å². The lowest BCUT2D eigenvalue weighted by molar-refractivity contribution is -0.118. The number of carbonyl (C=O) groups is 2. The number of fused-ring (bicyclic) bond motifs is 1. The molecule has 0 unspecified atom stereocenters. The standard InChI is InChI=1S/C26H29N3O2.CH4O3S/c1-17-13-14-20(29-26(31)24-12-5-6-15-27-24)16-23(17)25(30)28-18(2)21-11-7-9-19-8-3-4-10-22(19)21;1-5(2,3)4/h3-4,7-11,13-14,16,18,24,27H,5-6,12,15H2,1-2H3,(H,28,30)(H,29,31);1H3,(H,2,3,4)/t18-,24-;/m1./s1. The Morgan fingerprint density at radius 2 is 1.75 bits per heavy atom. The molecule has 4 rings (SSSR count). The SMILES string of the molecule is CS(=O)(=O)O.Cc1ccc(NC(=O)[C@H]2CCCCN2)cc1C(=O)N[C@H](C)c1cccc2ccccc12. The van der Waals surface area contributed by atoms with Crippen LogP contribution in [0.1, 0.15) is 53.7 Å². The van der Waals surface area contributed by atoms with Gasteiger partial charge in [-0.25, -0.2) is 0 Å². The van der Waals surface area contributed by atoms with Crippen LogP contribution in [0.4, 0.5) is 5.69 Å². The fourth-order valence-electron chi connectivity index (χ4n) is 4.23. The summed E-state index contributed by atoms with van der Waals surface area (Å²) in [6, 6.07) is 19.5. The van der Waals surface area contributed by atoms with Crippen LogP contribution in [0.15, 0.2) is 60.7 Å². The number of anilines is 1. The molecular weight excluding hydrogens is 478 g/mol. The van der Waals surface area contributed by atoms with Crippen LogP contribution in [0.2, 0.25) is 0 Å². The van der Waals surface area contributed by atoms with E-state index in [2.05, 4.69) is 34.1 Å². The summed E-state index contributed by atoms with van der Waals surface area (Å²) in [6.07, 6.45) is 3.72. The van der Waals surface area contributed by atoms with E-state index in [4.69, 9.17) is 4.55 Å². The normalized spacial score (nSPS) is 16.4. The Labute approximate surface area is 212 Å². The number of hydrogen-bond donors (Lipinski definition) is 4. The van der Waals surface area contributed by atoms with E-state index >= 15 is 0 Å². The van der Waals surface area contributed by atoms with Gasteiger partial charge in [0.05, 0.1) is 18.3 Å². The van der Waals surface area contributed by atoms with E-state index in [0.717, 1.165) is 47.7 Å². The highest BCUT2D eigenvalue weighted by molar-refractivity contribution is 7.85. The first kappa shape index (κ1) is 27.3. The molecule has 0 radical (unpaired) electrons. The lowest BCUT2D eigenvalue weighted by Crippen LogP contribution is -2.43. The van der Waals surface area contributed by atoms with Gasteiger partial charge in [-0.15, -0.1) is 0 Å². The van der Waals surface area contributed by atoms with Gasteiger partial charge in [0.15, 0.2) is 0 Å². The molecule has 1 fully saturated rings. The molecule has 3 aromatic carbocycles. The zero-order valence-corrected chi connectivity index (χ0v) is 21.6. The van der Waals surface area contributed by atoms with Crippen LogP contribution in [-0.4, -0.2) is 43.6 Å². The highest BCUT2D eigenvalue weighted by Gasteiger charge is 2.21. The lowest BCUT2D eigenvalue weighted by Gasteiger charge is -2.23. The van der Waals surface area contributed by atoms with Gasteiger partial charge < -0.3 is 16.0 Å². The molecule has 1 aliphatic heterocycles. The third kappa shape index (κ3) is 7.87. The Bertz CT molecular complexity index is 1320. The van der Waals surface area contributed by atoms with Crippen LogP contribution in [-0.2, 0) is 14.9 Å². The van der Waals surface area contributed by atoms with Crippen molar-refractivity contribution in [3.05, 3.63) is 77.4 Å². The van der Waals surface area contributed by atoms with Gasteiger partial charge in [0.2, 0.25) is 5.91 Å². The van der Waals surface area contributed by atoms with Gasteiger partial charge in [0.1, 0.15) is 0 Å². The van der Waals surface area contributed by atoms with Gasteiger partial charge in [-0.1, -0.05) is 55.0 Å². The van der Waals surface area contributed by atoms with Gasteiger partial charge in [-0.3, -0.25) is 14.1 Å². The minimum Gasteiger partial charge on any atom is -0.345 e. The third-order valence-electron chi connectivity index (χ3n) is 6.01. The van der Waals surface area contributed by atoms with Gasteiger partial charge in [-0.2, -0.15) is 8.42 Å². The van der Waals surface area contributed by atoms with Crippen LogP contribution in [0.3, 0.4) is 0 Å². The molecule has 0 saturated carbocycles. The number of piperidine rings is 1. The number of nitrogens with one attached hydrogen (secondary N) is 3. The number of rotatable bonds is 5. The van der Waals surface area contributed by atoms with Crippen molar-refractivity contribution in [1.82, 2.24) is 10.6 Å². The molecule has 36 heavy (non-hydrogen) atoms. The predicted molar refractivity (Wildman–Crippen MR) is 143 cm³/mol. The molecule has 0 aromatic heterocycles. The predicted octanol–water partition coefficient (Wildman–Crippen LogP) is 4.22. The van der Waals surface area contributed by atoms with Gasteiger partial charge in [-0.05, 0) is 67.3 Å². The Balaban J connectivity index is 0.000000658. The van der Waals surface area contributed by atoms with Crippen LogP contribution < -0.4 is 16.0 Å². The lowest BCUT2D eigenvalue weighted by atomic mass is 9.99. The average Bonchev–Trinajstić information content (AvgIpc) is 2.84. The first-order chi connectivity index (χ1) is 17.0. The maximum Gasteiger partial charge on any atom is 0.261 e. The maximum atomic E-state index is 13.1. The molecule has 0 spiro atoms. The number of benzene rings is 3. The summed E-state index contributed by atoms with van der Waals surface area (Å²) >= 11 is 0. The molecular formula is C27H33N3O5S. The van der Waals surface area contributed by atoms with Crippen molar-refractivity contribution in [1.29, 1.82) is 0 Å². The van der Waals surface area contributed by atoms with E-state index in [1.807, 2.05) is 50.2 Å². The van der Waals surface area contributed by atoms with Crippen molar-refractivity contribution in [2.75, 3.05) is 18.1 Å². The van der Waals surface area contributed by atoms with Gasteiger partial charge in [0, 0.05) is 11.3 Å². The summed E-state index contributed by atoms with van der Waals surface area (Å²) in [5.74, 6) is -0.191. The summed E-state index contributed by atoms with van der Waals surface area (Å²) in [7, 11) is -3.67. The summed E-state index contributed by atoms with van der Waals surface area (Å²) in [5, 5.41) is 11.6. The molecule has 8 nitrogen and oxygen atoms in total. The molecule has 1 aliphatic rings. The molecule has 9 heteroatoms. The summed E-state index contributed by atoms with van der Waals surface area (Å²) < 4.78 is 25.9. The summed E-state index contributed by atoms with van der Waals surface area (Å²) in [4.78, 5) is 25.6. The molecule has 2 atom stereocenters. The highest BCUT2D eigenvalue weighted by Crippen LogP contribution is 2.25. The number of aryl methyl sites for hydroxylation is 1. The molecule has 0 bridgehead atoms. The topological polar surface area (TPSA) is 125 Å². The van der Waals surface area contributed by atoms with Gasteiger partial charge >= 0.3 is 0 Å². The zero-order valence-electron chi connectivity index (χ0n) is 20.7. The van der Waals surface area contributed by atoms with Crippen molar-refractivity contribution in [3.63, 3.8) is 0 Å². The van der Waals surface area contributed by atoms with Crippen LogP contribution in [0.5, 0.6) is 0 Å². The van der Waals surface area contributed by atoms with Crippen LogP contribution in [0, 0.1) is 6.92 Å². The second-order valence-corrected chi connectivity index (χ2v) is 10.5. The molecule has 0 aliphatic carbocycles. The minimum absolute atomic E-state index is 0.0426. The Morgan fingerprint density at radius 1 is 1.06 bits per heavy atom. The number of carbonyl (C=O) groups excluding carboxylic acids is 2. The Kier molecular flexibility index (Phi) is 9.19. The van der Waals surface area contributed by atoms with Crippen molar-refractivity contribution in [2.45, 2.75) is 45.2 Å². The van der Waals surface area contributed by atoms with Crippen molar-refractivity contribution in [2.24, 2.45) is 0 Å². The maximum absolute atomic E-state index is 13.1. The van der Waals surface area contributed by atoms with Crippen molar-refractivity contribution in [3.8, 4) is 0 Å². The van der Waals surface area contributed by atoms with E-state index in [1.54, 1.807) is 6.07 Å². The zero-order chi connectivity index (χ0) is 26.3. The van der Waals surface area contributed by atoms with Crippen molar-refractivity contribution >= 4 is 38.4 Å². The smallest absolute Gasteiger partial charge is 0.261 e. The minimum atomic E-state index is -3.67. The average molecular weight is 512 g/mol. The Morgan fingerprint density at radius 3 is 2.44 bits per heavy atom. The monoisotopic (exact) mass is 511 g/mol. The second kappa shape index (κ2) is 12.1. The molecule has 4 N–H and O–H groups in total. The van der Waals surface area contributed by atoms with E-state index in [-0.39, 0.29) is 23.9 Å². The molecule has 1 saturated heterocycles. The summed E-state index contributed by atoms with van der Waals surface area (Å²) in [5.41, 5.74) is 3.17. The fourth-order valence-corrected chi connectivity index (χ4v) is 4.23. The summed E-state index contributed by atoms with van der Waals surface area (Å²) in [6.45, 7) is 4.77. The van der Waals surface area contributed by atoms with E-state index < -0.39 is 10.1 Å². The fraction of sp³-hybridized carbons (Fsp3) is 0.333. The largest absolute Gasteiger partial charge is 0.345 e. The third-order valence-corrected chi connectivity index (χ3v) is 6.01. The molecule has 1 heterocycles. The molecule has 192 valence electrons. The number of hydrogen-bond acceptors (Lipinski definition) is 5. The second-order valence-electron chi connectivity index (χ2n) is 9.02. The number of amides is 2. The molecule has 3 aromatic rings. The first-order valence-electron chi connectivity index (χ1n) is 11.9. The van der Waals surface area contributed by atoms with Crippen LogP contribution in [0.25, 0.3) is 10.8 Å². The van der Waals surface area contributed by atoms with E-state index in [0.29, 0.717) is 17.5 Å². The quantitative estimate of drug-likeness (QED) is 0.380. The highest BCUT2D eigenvalue weighted by atomic mass is 32.2. The van der Waals surface area contributed by atoms with E-state index in [1.165, 1.54) is 0 Å². The first-order valence-corrected chi connectivity index (χ1v) is 13.7. The molecule has 2 amide bonds. The van der Waals surface area contributed by atoms with Crippen LogP contribution >= 0.6 is 0 Å². The Hall–Kier alpha value is -3.27. The van der Waals surface area contributed by atoms with Crippen molar-refractivity contribution < 1.29 is 22.6 Å².